The van der Waals surface area contributed by atoms with Crippen LogP contribution in [0.25, 0.3) is 0 Å². The standard InChI is InChI=1S/C9H9N2O3/c12-6-10-9(14)11(7-13)8-4-2-1-3-5-8/h1-5,12H,6H2,(H,10,14). The van der Waals surface area contributed by atoms with E-state index in [2.05, 4.69) is 5.32 Å². The van der Waals surface area contributed by atoms with Gasteiger partial charge in [0.25, 0.3) is 0 Å². The number of imide groups is 1. The molecule has 0 unspecified atom stereocenters. The summed E-state index contributed by atoms with van der Waals surface area (Å²) in [5.74, 6) is 0. The lowest BCUT2D eigenvalue weighted by molar-refractivity contribution is 0.225. The zero-order valence-electron chi connectivity index (χ0n) is 7.30. The maximum Gasteiger partial charge on any atom is 0.330 e. The molecule has 0 fully saturated rings. The van der Waals surface area contributed by atoms with Crippen LogP contribution in [0.15, 0.2) is 30.3 Å². The molecule has 0 saturated heterocycles. The number of hydrogen-bond acceptors (Lipinski definition) is 3. The molecule has 0 saturated carbocycles. The molecule has 3 amide bonds. The summed E-state index contributed by atoms with van der Waals surface area (Å²) >= 11 is 0. The van der Waals surface area contributed by atoms with Crippen LogP contribution in [-0.2, 0) is 4.79 Å². The second-order valence-electron chi connectivity index (χ2n) is 2.40. The van der Waals surface area contributed by atoms with Gasteiger partial charge in [-0.1, -0.05) is 18.2 Å². The molecular weight excluding hydrogens is 184 g/mol. The van der Waals surface area contributed by atoms with Gasteiger partial charge in [0.1, 0.15) is 6.73 Å². The van der Waals surface area contributed by atoms with Crippen LogP contribution in [0.1, 0.15) is 0 Å². The summed E-state index contributed by atoms with van der Waals surface area (Å²) in [6, 6.07) is 7.59. The number of nitrogens with zero attached hydrogens (tertiary/aromatic N) is 1. The van der Waals surface area contributed by atoms with E-state index in [1.54, 1.807) is 30.3 Å². The van der Waals surface area contributed by atoms with Crippen LogP contribution in [0.5, 0.6) is 0 Å². The van der Waals surface area contributed by atoms with Gasteiger partial charge in [0.2, 0.25) is 0 Å². The highest BCUT2D eigenvalue weighted by Gasteiger charge is 2.14. The van der Waals surface area contributed by atoms with Crippen molar-refractivity contribution in [1.82, 2.24) is 5.32 Å². The average Bonchev–Trinajstić information content (AvgIpc) is 2.21. The second-order valence-corrected chi connectivity index (χ2v) is 2.40. The number of aliphatic hydroxyl groups excluding tert-OH is 1. The number of amides is 3. The molecule has 73 valence electrons. The molecule has 0 spiro atoms. The fourth-order valence-corrected chi connectivity index (χ4v) is 0.935. The molecule has 0 heterocycles. The smallest absolute Gasteiger partial charge is 0.330 e. The van der Waals surface area contributed by atoms with Gasteiger partial charge in [-0.15, -0.1) is 0 Å². The van der Waals surface area contributed by atoms with Crippen molar-refractivity contribution in [3.63, 3.8) is 0 Å². The Hall–Kier alpha value is -1.88. The minimum absolute atomic E-state index is 0.397. The van der Waals surface area contributed by atoms with Crippen molar-refractivity contribution >= 4 is 18.1 Å². The maximum atomic E-state index is 11.2. The van der Waals surface area contributed by atoms with E-state index in [0.717, 1.165) is 4.90 Å². The molecule has 0 aromatic heterocycles. The predicted octanol–water partition coefficient (Wildman–Crippen LogP) is 0.220. The molecule has 2 N–H and O–H groups in total. The van der Waals surface area contributed by atoms with Crippen molar-refractivity contribution in [2.75, 3.05) is 11.6 Å². The van der Waals surface area contributed by atoms with Crippen LogP contribution in [0, 0.1) is 0 Å². The molecule has 5 heteroatoms. The zero-order chi connectivity index (χ0) is 10.4. The SMILES string of the molecule is O=[C]N(C(=O)NCO)c1ccccc1. The number of urea groups is 1. The summed E-state index contributed by atoms with van der Waals surface area (Å²) in [5, 5.41) is 10.5. The van der Waals surface area contributed by atoms with E-state index in [9.17, 15) is 9.59 Å². The van der Waals surface area contributed by atoms with Crippen LogP contribution in [0.2, 0.25) is 0 Å². The highest BCUT2D eigenvalue weighted by Crippen LogP contribution is 2.10. The van der Waals surface area contributed by atoms with Crippen LogP contribution in [0.4, 0.5) is 10.5 Å². The molecule has 1 radical (unpaired) electrons. The van der Waals surface area contributed by atoms with Gasteiger partial charge in [0.05, 0.1) is 5.69 Å². The van der Waals surface area contributed by atoms with E-state index < -0.39 is 12.8 Å². The molecule has 0 atom stereocenters. The number of rotatable bonds is 3. The van der Waals surface area contributed by atoms with Gasteiger partial charge < -0.3 is 10.4 Å². The van der Waals surface area contributed by atoms with Crippen molar-refractivity contribution in [3.05, 3.63) is 30.3 Å². The lowest BCUT2D eigenvalue weighted by Crippen LogP contribution is -2.39. The predicted molar refractivity (Wildman–Crippen MR) is 50.2 cm³/mol. The number of para-hydroxylation sites is 1. The highest BCUT2D eigenvalue weighted by atomic mass is 16.3. The molecule has 0 aliphatic heterocycles. The first kappa shape index (κ1) is 10.2. The summed E-state index contributed by atoms with van der Waals surface area (Å²) in [6.07, 6.45) is 1.46. The topological polar surface area (TPSA) is 69.6 Å². The van der Waals surface area contributed by atoms with Gasteiger partial charge in [0.15, 0.2) is 0 Å². The molecule has 0 aliphatic rings. The Bertz CT molecular complexity index is 313. The minimum atomic E-state index is -0.714. The number of benzene rings is 1. The number of hydrogen-bond donors (Lipinski definition) is 2. The Balaban J connectivity index is 2.82. The van der Waals surface area contributed by atoms with Crippen molar-refractivity contribution in [1.29, 1.82) is 0 Å². The Morgan fingerprint density at radius 3 is 2.57 bits per heavy atom. The number of nitrogens with one attached hydrogen (secondary N) is 1. The van der Waals surface area contributed by atoms with Gasteiger partial charge in [-0.2, -0.15) is 0 Å². The van der Waals surface area contributed by atoms with Gasteiger partial charge in [0, 0.05) is 0 Å². The first-order valence-electron chi connectivity index (χ1n) is 3.91. The Kier molecular flexibility index (Phi) is 3.63. The summed E-state index contributed by atoms with van der Waals surface area (Å²) < 4.78 is 0. The molecule has 14 heavy (non-hydrogen) atoms. The molecule has 1 aromatic carbocycles. The fourth-order valence-electron chi connectivity index (χ4n) is 0.935. The van der Waals surface area contributed by atoms with Crippen LogP contribution in [-0.4, -0.2) is 24.3 Å². The summed E-state index contributed by atoms with van der Waals surface area (Å²) in [4.78, 5) is 22.4. The number of anilines is 1. The van der Waals surface area contributed by atoms with Crippen LogP contribution < -0.4 is 10.2 Å². The lowest BCUT2D eigenvalue weighted by atomic mass is 10.3. The van der Waals surface area contributed by atoms with E-state index in [1.165, 1.54) is 6.41 Å². The van der Waals surface area contributed by atoms with Gasteiger partial charge in [-0.25, -0.2) is 9.69 Å². The molecule has 1 rings (SSSR count). The highest BCUT2D eigenvalue weighted by molar-refractivity contribution is 6.06. The fraction of sp³-hybridized carbons (Fsp3) is 0.111. The van der Waals surface area contributed by atoms with Crippen LogP contribution in [0.3, 0.4) is 0 Å². The second kappa shape index (κ2) is 4.98. The Morgan fingerprint density at radius 1 is 1.43 bits per heavy atom. The molecular formula is C9H9N2O3. The van der Waals surface area contributed by atoms with E-state index in [-0.39, 0.29) is 0 Å². The minimum Gasteiger partial charge on any atom is -0.376 e. The van der Waals surface area contributed by atoms with Crippen LogP contribution >= 0.6 is 0 Å². The summed E-state index contributed by atoms with van der Waals surface area (Å²) in [5.41, 5.74) is 0.397. The third kappa shape index (κ3) is 2.30. The number of carbonyl (C=O) groups excluding carboxylic acids is 2. The Labute approximate surface area is 81.0 Å². The molecule has 0 bridgehead atoms. The zero-order valence-corrected chi connectivity index (χ0v) is 7.30. The van der Waals surface area contributed by atoms with Gasteiger partial charge >= 0.3 is 12.4 Å². The normalized spacial score (nSPS) is 9.21. The molecule has 5 nitrogen and oxygen atoms in total. The largest absolute Gasteiger partial charge is 0.376 e. The maximum absolute atomic E-state index is 11.2. The van der Waals surface area contributed by atoms with E-state index in [4.69, 9.17) is 5.11 Å². The third-order valence-electron chi connectivity index (χ3n) is 1.54. The number of aliphatic hydroxyl groups is 1. The molecule has 0 aliphatic carbocycles. The van der Waals surface area contributed by atoms with E-state index in [0.29, 0.717) is 5.69 Å². The molecule has 1 aromatic rings. The average molecular weight is 193 g/mol. The first-order valence-corrected chi connectivity index (χ1v) is 3.91. The van der Waals surface area contributed by atoms with Crippen molar-refractivity contribution in [2.24, 2.45) is 0 Å². The van der Waals surface area contributed by atoms with Crippen molar-refractivity contribution in [2.45, 2.75) is 0 Å². The van der Waals surface area contributed by atoms with E-state index >= 15 is 0 Å². The monoisotopic (exact) mass is 193 g/mol. The van der Waals surface area contributed by atoms with Gasteiger partial charge in [-0.3, -0.25) is 4.79 Å². The first-order chi connectivity index (χ1) is 6.79. The van der Waals surface area contributed by atoms with E-state index in [1.807, 2.05) is 0 Å². The lowest BCUT2D eigenvalue weighted by Gasteiger charge is -2.13. The summed E-state index contributed by atoms with van der Waals surface area (Å²) in [7, 11) is 0. The quantitative estimate of drug-likeness (QED) is 0.533. The summed E-state index contributed by atoms with van der Waals surface area (Å²) in [6.45, 7) is -0.524. The van der Waals surface area contributed by atoms with Gasteiger partial charge in [-0.05, 0) is 12.1 Å². The van der Waals surface area contributed by atoms with Crippen molar-refractivity contribution < 1.29 is 14.7 Å². The number of carbonyl (C=O) groups is 1. The van der Waals surface area contributed by atoms with Crippen molar-refractivity contribution in [3.8, 4) is 0 Å². The Morgan fingerprint density at radius 2 is 2.07 bits per heavy atom. The third-order valence-corrected chi connectivity index (χ3v) is 1.54.